The zero-order valence-electron chi connectivity index (χ0n) is 30.9. The van der Waals surface area contributed by atoms with Gasteiger partial charge >= 0.3 is 5.97 Å². The Hall–Kier alpha value is -4.76. The second-order valence-electron chi connectivity index (χ2n) is 14.5. The molecule has 9 nitrogen and oxygen atoms in total. The number of aromatic carboxylic acids is 1. The Bertz CT molecular complexity index is 2150. The molecule has 3 aromatic carbocycles. The summed E-state index contributed by atoms with van der Waals surface area (Å²) >= 11 is 6.40. The Morgan fingerprint density at radius 1 is 0.942 bits per heavy atom. The summed E-state index contributed by atoms with van der Waals surface area (Å²) in [4.78, 5) is 31.4. The molecule has 0 saturated carbocycles. The van der Waals surface area contributed by atoms with Gasteiger partial charge in [0.1, 0.15) is 11.4 Å². The third kappa shape index (κ3) is 6.67. The first kappa shape index (κ1) is 35.6. The molecule has 7 rings (SSSR count). The monoisotopic (exact) mass is 721 g/mol. The van der Waals surface area contributed by atoms with E-state index in [0.717, 1.165) is 111 Å². The molecule has 1 fully saturated rings. The van der Waals surface area contributed by atoms with Crippen molar-refractivity contribution in [1.29, 1.82) is 0 Å². The Labute approximate surface area is 310 Å². The molecule has 0 spiro atoms. The van der Waals surface area contributed by atoms with Gasteiger partial charge in [-0.3, -0.25) is 9.48 Å². The highest BCUT2D eigenvalue weighted by Gasteiger charge is 2.31. The minimum absolute atomic E-state index is 0.0314. The topological polar surface area (TPSA) is 92.8 Å². The number of rotatable bonds is 10. The number of carbonyl (C=O) groups is 2. The van der Waals surface area contributed by atoms with Gasteiger partial charge in [-0.25, -0.2) is 4.79 Å². The molecule has 1 amide bonds. The highest BCUT2D eigenvalue weighted by molar-refractivity contribution is 6.32. The van der Waals surface area contributed by atoms with Crippen molar-refractivity contribution in [3.8, 4) is 16.9 Å². The number of hydrogen-bond donors (Lipinski definition) is 1. The van der Waals surface area contributed by atoms with Crippen LogP contribution in [-0.4, -0.2) is 62.5 Å². The van der Waals surface area contributed by atoms with Crippen LogP contribution in [0.15, 0.2) is 48.5 Å². The third-order valence-electron chi connectivity index (χ3n) is 10.9. The quantitative estimate of drug-likeness (QED) is 0.145. The Morgan fingerprint density at radius 3 is 2.38 bits per heavy atom. The van der Waals surface area contributed by atoms with Crippen molar-refractivity contribution in [3.63, 3.8) is 0 Å². The van der Waals surface area contributed by atoms with Gasteiger partial charge in [0, 0.05) is 67.0 Å². The van der Waals surface area contributed by atoms with Crippen LogP contribution in [0, 0.1) is 27.7 Å². The molecule has 52 heavy (non-hydrogen) atoms. The van der Waals surface area contributed by atoms with E-state index in [1.54, 1.807) is 6.07 Å². The van der Waals surface area contributed by atoms with Gasteiger partial charge in [0.25, 0.3) is 5.91 Å². The first-order valence-corrected chi connectivity index (χ1v) is 18.9. The van der Waals surface area contributed by atoms with Crippen LogP contribution in [0.2, 0.25) is 5.02 Å². The number of carboxylic acid groups (broad SMARTS) is 1. The smallest absolute Gasteiger partial charge is 0.337 e. The molecule has 1 saturated heterocycles. The number of benzene rings is 3. The number of ether oxygens (including phenoxy) is 1. The zero-order valence-corrected chi connectivity index (χ0v) is 31.6. The van der Waals surface area contributed by atoms with E-state index in [-0.39, 0.29) is 5.91 Å². The van der Waals surface area contributed by atoms with Crippen molar-refractivity contribution in [3.05, 3.63) is 98.5 Å². The molecule has 2 aliphatic rings. The van der Waals surface area contributed by atoms with Crippen LogP contribution in [0.5, 0.6) is 5.75 Å². The van der Waals surface area contributed by atoms with E-state index in [9.17, 15) is 14.7 Å². The molecule has 0 aliphatic carbocycles. The summed E-state index contributed by atoms with van der Waals surface area (Å²) in [5, 5.41) is 16.8. The Balaban J connectivity index is 1.25. The number of carbonyl (C=O) groups excluding carboxylic acids is 1. The van der Waals surface area contributed by atoms with Crippen LogP contribution in [0.1, 0.15) is 86.6 Å². The summed E-state index contributed by atoms with van der Waals surface area (Å²) in [5.41, 5.74) is 10.8. The highest BCUT2D eigenvalue weighted by atomic mass is 35.5. The normalized spacial score (nSPS) is 14.9. The van der Waals surface area contributed by atoms with Crippen molar-refractivity contribution in [2.45, 2.75) is 79.3 Å². The van der Waals surface area contributed by atoms with Crippen molar-refractivity contribution in [2.75, 3.05) is 31.1 Å². The lowest BCUT2D eigenvalue weighted by atomic mass is 9.98. The van der Waals surface area contributed by atoms with Crippen molar-refractivity contribution < 1.29 is 19.4 Å². The highest BCUT2D eigenvalue weighted by Crippen LogP contribution is 2.39. The molecule has 0 unspecified atom stereocenters. The molecule has 1 N–H and O–H groups in total. The molecule has 0 bridgehead atoms. The first-order valence-electron chi connectivity index (χ1n) is 18.5. The minimum atomic E-state index is -0.938. The van der Waals surface area contributed by atoms with Crippen LogP contribution in [0.25, 0.3) is 22.0 Å². The number of piperidine rings is 1. The summed E-state index contributed by atoms with van der Waals surface area (Å²) in [6.07, 6.45) is 5.45. The van der Waals surface area contributed by atoms with E-state index in [4.69, 9.17) is 21.4 Å². The lowest BCUT2D eigenvalue weighted by molar-refractivity contribution is 0.0697. The molecule has 0 radical (unpaired) electrons. The number of anilines is 1. The molecule has 272 valence electrons. The number of nitrogens with zero attached hydrogens (tertiary/aromatic N) is 5. The number of hydrogen-bond acceptors (Lipinski definition) is 5. The second-order valence-corrected chi connectivity index (χ2v) is 14.8. The van der Waals surface area contributed by atoms with Gasteiger partial charge in [-0.15, -0.1) is 0 Å². The largest absolute Gasteiger partial charge is 0.494 e. The summed E-state index contributed by atoms with van der Waals surface area (Å²) in [7, 11) is 1.97. The lowest BCUT2D eigenvalue weighted by Gasteiger charge is -2.30. The SMILES string of the molecule is Cc1cc(OCCCc2c3n(c4c(-c5c(C)nn(C)c5C)cccc24)CCCN(Cc2ccc(N4CCCCC4)c(C(=O)O)c2)C3=O)cc(C)c1Cl. The maximum atomic E-state index is 14.8. The summed E-state index contributed by atoms with van der Waals surface area (Å²) in [6, 6.07) is 16.0. The van der Waals surface area contributed by atoms with E-state index in [0.29, 0.717) is 43.9 Å². The van der Waals surface area contributed by atoms with E-state index in [2.05, 4.69) is 34.6 Å². The molecular formula is C42H48ClN5O4. The van der Waals surface area contributed by atoms with E-state index < -0.39 is 5.97 Å². The molecular weight excluding hydrogens is 674 g/mol. The van der Waals surface area contributed by atoms with Gasteiger partial charge in [0.15, 0.2) is 0 Å². The van der Waals surface area contributed by atoms with Crippen LogP contribution in [0.3, 0.4) is 0 Å². The van der Waals surface area contributed by atoms with Crippen molar-refractivity contribution in [2.24, 2.45) is 7.05 Å². The number of fused-ring (bicyclic) bond motifs is 3. The fourth-order valence-corrected chi connectivity index (χ4v) is 8.41. The summed E-state index contributed by atoms with van der Waals surface area (Å²) in [5.74, 6) is -0.179. The molecule has 10 heteroatoms. The summed E-state index contributed by atoms with van der Waals surface area (Å²) in [6.45, 7) is 11.9. The number of para-hydroxylation sites is 1. The molecule has 2 aliphatic heterocycles. The predicted octanol–water partition coefficient (Wildman–Crippen LogP) is 8.68. The van der Waals surface area contributed by atoms with Gasteiger partial charge < -0.3 is 24.2 Å². The van der Waals surface area contributed by atoms with Gasteiger partial charge in [-0.2, -0.15) is 5.10 Å². The van der Waals surface area contributed by atoms with Gasteiger partial charge in [0.2, 0.25) is 0 Å². The first-order chi connectivity index (χ1) is 25.0. The second kappa shape index (κ2) is 14.7. The Morgan fingerprint density at radius 2 is 1.69 bits per heavy atom. The van der Waals surface area contributed by atoms with Gasteiger partial charge in [-0.1, -0.05) is 35.9 Å². The number of halogens is 1. The van der Waals surface area contributed by atoms with Crippen LogP contribution < -0.4 is 9.64 Å². The Kier molecular flexibility index (Phi) is 10.1. The molecule has 0 atom stereocenters. The molecule has 5 aromatic rings. The molecule has 4 heterocycles. The number of amides is 1. The van der Waals surface area contributed by atoms with Crippen LogP contribution >= 0.6 is 11.6 Å². The van der Waals surface area contributed by atoms with Gasteiger partial charge in [0.05, 0.1) is 29.1 Å². The van der Waals surface area contributed by atoms with Crippen LogP contribution in [0.4, 0.5) is 5.69 Å². The van der Waals surface area contributed by atoms with Crippen molar-refractivity contribution in [1.82, 2.24) is 19.2 Å². The lowest BCUT2D eigenvalue weighted by Crippen LogP contribution is -2.32. The van der Waals surface area contributed by atoms with Gasteiger partial charge in [-0.05, 0) is 113 Å². The standard InChI is InChI=1S/C42H48ClN5O4/c1-26-22-31(23-27(2)38(26)43)52-21-10-14-33-32-12-9-13-34(37-28(3)44-45(5)29(37)4)39(32)48-20-11-19-47(41(49)40(33)48)25-30-15-16-36(35(24-30)42(50)51)46-17-7-6-8-18-46/h9,12-13,15-16,22-24H,6-8,10-11,14,17-21,25H2,1-5H3,(H,50,51). The third-order valence-corrected chi connectivity index (χ3v) is 11.5. The summed E-state index contributed by atoms with van der Waals surface area (Å²) < 4.78 is 10.4. The van der Waals surface area contributed by atoms with Crippen LogP contribution in [-0.2, 0) is 26.6 Å². The fraction of sp³-hybridized carbons (Fsp3) is 0.405. The fourth-order valence-electron chi connectivity index (χ4n) is 8.30. The van der Waals surface area contributed by atoms with E-state index >= 15 is 0 Å². The maximum Gasteiger partial charge on any atom is 0.337 e. The van der Waals surface area contributed by atoms with E-state index in [1.807, 2.05) is 61.7 Å². The average Bonchev–Trinajstić information content (AvgIpc) is 3.52. The maximum absolute atomic E-state index is 14.8. The minimum Gasteiger partial charge on any atom is -0.494 e. The van der Waals surface area contributed by atoms with Crippen molar-refractivity contribution >= 4 is 40.1 Å². The number of aryl methyl sites for hydroxylation is 6. The molecule has 2 aromatic heterocycles. The predicted molar refractivity (Wildman–Crippen MR) is 207 cm³/mol. The number of aromatic nitrogens is 3. The number of carboxylic acids is 1. The average molecular weight is 722 g/mol. The van der Waals surface area contributed by atoms with E-state index in [1.165, 1.54) is 6.42 Å². The zero-order chi connectivity index (χ0) is 36.7.